The highest BCUT2D eigenvalue weighted by atomic mass is 35.5. The zero-order valence-electron chi connectivity index (χ0n) is 12.6. The number of ether oxygens (including phenoxy) is 1. The molecule has 0 bridgehead atoms. The molecular formula is C16H17ClN2O3. The van der Waals surface area contributed by atoms with Gasteiger partial charge < -0.3 is 9.15 Å². The highest BCUT2D eigenvalue weighted by Crippen LogP contribution is 2.22. The molecule has 6 heteroatoms. The second-order valence-electron chi connectivity index (χ2n) is 4.78. The molecule has 0 aliphatic carbocycles. The van der Waals surface area contributed by atoms with Gasteiger partial charge in [0.2, 0.25) is 0 Å². The summed E-state index contributed by atoms with van der Waals surface area (Å²) in [7, 11) is 0. The van der Waals surface area contributed by atoms with Gasteiger partial charge in [-0.15, -0.1) is 0 Å². The van der Waals surface area contributed by atoms with Crippen molar-refractivity contribution in [2.24, 2.45) is 5.10 Å². The number of furan rings is 1. The van der Waals surface area contributed by atoms with Crippen LogP contribution in [0.1, 0.15) is 24.0 Å². The minimum Gasteiger partial charge on any atom is -0.482 e. The molecule has 1 N–H and O–H groups in total. The molecule has 0 aliphatic rings. The fourth-order valence-corrected chi connectivity index (χ4v) is 2.12. The first kappa shape index (κ1) is 16.1. The lowest BCUT2D eigenvalue weighted by atomic mass is 10.2. The molecule has 5 nitrogen and oxygen atoms in total. The van der Waals surface area contributed by atoms with E-state index in [1.54, 1.807) is 31.2 Å². The summed E-state index contributed by atoms with van der Waals surface area (Å²) in [6.45, 7) is 5.35. The van der Waals surface area contributed by atoms with Crippen LogP contribution in [0.25, 0.3) is 0 Å². The minimum atomic E-state index is -0.364. The Morgan fingerprint density at radius 3 is 2.73 bits per heavy atom. The monoisotopic (exact) mass is 320 g/mol. The SMILES string of the molecule is C/C(=N/NC(=O)COc1ccccc1Cl)c1cc(C)oc1C. The van der Waals surface area contributed by atoms with Crippen LogP contribution in [0.4, 0.5) is 0 Å². The Labute approximate surface area is 133 Å². The fraction of sp³-hybridized carbons (Fsp3) is 0.250. The maximum atomic E-state index is 11.7. The van der Waals surface area contributed by atoms with E-state index in [1.807, 2.05) is 19.9 Å². The molecule has 0 aliphatic heterocycles. The normalized spacial score (nSPS) is 11.4. The standard InChI is InChI=1S/C16H17ClN2O3/c1-10-8-13(12(3)22-10)11(2)18-19-16(20)9-21-15-7-5-4-6-14(15)17/h4-8H,9H2,1-3H3,(H,19,20)/b18-11-. The number of benzene rings is 1. The van der Waals surface area contributed by atoms with Crippen LogP contribution in [0, 0.1) is 13.8 Å². The largest absolute Gasteiger partial charge is 0.482 e. The van der Waals surface area contributed by atoms with Crippen LogP contribution < -0.4 is 10.2 Å². The highest BCUT2D eigenvalue weighted by Gasteiger charge is 2.09. The van der Waals surface area contributed by atoms with Crippen molar-refractivity contribution in [2.45, 2.75) is 20.8 Å². The van der Waals surface area contributed by atoms with E-state index >= 15 is 0 Å². The van der Waals surface area contributed by atoms with Gasteiger partial charge in [-0.25, -0.2) is 5.43 Å². The van der Waals surface area contributed by atoms with Crippen molar-refractivity contribution >= 4 is 23.2 Å². The molecule has 1 amide bonds. The molecule has 1 aromatic carbocycles. The summed E-state index contributed by atoms with van der Waals surface area (Å²) in [5.74, 6) is 1.66. The number of rotatable bonds is 5. The molecule has 2 rings (SSSR count). The maximum Gasteiger partial charge on any atom is 0.277 e. The summed E-state index contributed by atoms with van der Waals surface area (Å²) < 4.78 is 10.8. The van der Waals surface area contributed by atoms with Gasteiger partial charge in [-0.2, -0.15) is 5.10 Å². The summed E-state index contributed by atoms with van der Waals surface area (Å²) in [4.78, 5) is 11.7. The topological polar surface area (TPSA) is 63.8 Å². The van der Waals surface area contributed by atoms with Gasteiger partial charge in [0.15, 0.2) is 6.61 Å². The lowest BCUT2D eigenvalue weighted by Gasteiger charge is -2.06. The van der Waals surface area contributed by atoms with E-state index in [9.17, 15) is 4.79 Å². The second kappa shape index (κ2) is 7.13. The molecular weight excluding hydrogens is 304 g/mol. The van der Waals surface area contributed by atoms with Gasteiger partial charge >= 0.3 is 0 Å². The Bertz CT molecular complexity index is 707. The molecule has 22 heavy (non-hydrogen) atoms. The average Bonchev–Trinajstić information content (AvgIpc) is 2.82. The summed E-state index contributed by atoms with van der Waals surface area (Å²) in [5, 5.41) is 4.51. The number of carbonyl (C=O) groups is 1. The maximum absolute atomic E-state index is 11.7. The van der Waals surface area contributed by atoms with Crippen molar-refractivity contribution in [1.29, 1.82) is 0 Å². The fourth-order valence-electron chi connectivity index (χ4n) is 1.93. The molecule has 1 heterocycles. The van der Waals surface area contributed by atoms with Crippen LogP contribution in [-0.4, -0.2) is 18.2 Å². The van der Waals surface area contributed by atoms with Crippen LogP contribution >= 0.6 is 11.6 Å². The summed E-state index contributed by atoms with van der Waals surface area (Å²) in [6.07, 6.45) is 0. The first-order valence-electron chi connectivity index (χ1n) is 6.75. The first-order valence-corrected chi connectivity index (χ1v) is 7.13. The van der Waals surface area contributed by atoms with E-state index in [0.717, 1.165) is 17.1 Å². The number of hydrazone groups is 1. The third-order valence-corrected chi connectivity index (χ3v) is 3.29. The van der Waals surface area contributed by atoms with E-state index < -0.39 is 0 Å². The quantitative estimate of drug-likeness (QED) is 0.677. The van der Waals surface area contributed by atoms with Crippen LogP contribution in [0.2, 0.25) is 5.02 Å². The number of amides is 1. The summed E-state index contributed by atoms with van der Waals surface area (Å²) in [5.41, 5.74) is 3.98. The van der Waals surface area contributed by atoms with Crippen molar-refractivity contribution in [2.75, 3.05) is 6.61 Å². The Kier molecular flexibility index (Phi) is 5.22. The summed E-state index contributed by atoms with van der Waals surface area (Å²) in [6, 6.07) is 8.84. The molecule has 2 aromatic rings. The lowest BCUT2D eigenvalue weighted by Crippen LogP contribution is -2.25. The molecule has 0 fully saturated rings. The number of aryl methyl sites for hydroxylation is 2. The average molecular weight is 321 g/mol. The lowest BCUT2D eigenvalue weighted by molar-refractivity contribution is -0.123. The molecule has 0 radical (unpaired) electrons. The van der Waals surface area contributed by atoms with E-state index in [1.165, 1.54) is 0 Å². The van der Waals surface area contributed by atoms with Gasteiger partial charge in [0.1, 0.15) is 17.3 Å². The molecule has 116 valence electrons. The van der Waals surface area contributed by atoms with E-state index in [4.69, 9.17) is 20.8 Å². The van der Waals surface area contributed by atoms with Crippen LogP contribution in [0.15, 0.2) is 39.9 Å². The van der Waals surface area contributed by atoms with Crippen molar-refractivity contribution in [3.63, 3.8) is 0 Å². The van der Waals surface area contributed by atoms with Gasteiger partial charge in [-0.3, -0.25) is 4.79 Å². The third-order valence-electron chi connectivity index (χ3n) is 2.97. The van der Waals surface area contributed by atoms with Crippen molar-refractivity contribution in [3.05, 3.63) is 52.4 Å². The van der Waals surface area contributed by atoms with Crippen molar-refractivity contribution in [3.8, 4) is 5.75 Å². The molecule has 0 saturated heterocycles. The van der Waals surface area contributed by atoms with Gasteiger partial charge in [0, 0.05) is 5.56 Å². The van der Waals surface area contributed by atoms with E-state index in [-0.39, 0.29) is 12.5 Å². The smallest absolute Gasteiger partial charge is 0.277 e. The predicted molar refractivity (Wildman–Crippen MR) is 85.5 cm³/mol. The van der Waals surface area contributed by atoms with E-state index in [2.05, 4.69) is 10.5 Å². The molecule has 1 aromatic heterocycles. The van der Waals surface area contributed by atoms with Crippen LogP contribution in [-0.2, 0) is 4.79 Å². The number of hydrogen-bond acceptors (Lipinski definition) is 4. The first-order chi connectivity index (χ1) is 10.5. The van der Waals surface area contributed by atoms with Crippen LogP contribution in [0.3, 0.4) is 0 Å². The van der Waals surface area contributed by atoms with Crippen molar-refractivity contribution < 1.29 is 13.9 Å². The molecule has 0 atom stereocenters. The highest BCUT2D eigenvalue weighted by molar-refractivity contribution is 6.32. The minimum absolute atomic E-state index is 0.163. The van der Waals surface area contributed by atoms with Gasteiger partial charge in [0.25, 0.3) is 5.91 Å². The predicted octanol–water partition coefficient (Wildman–Crippen LogP) is 3.47. The number of halogens is 1. The molecule has 0 unspecified atom stereocenters. The van der Waals surface area contributed by atoms with Gasteiger partial charge in [-0.1, -0.05) is 23.7 Å². The Morgan fingerprint density at radius 2 is 2.09 bits per heavy atom. The van der Waals surface area contributed by atoms with Crippen LogP contribution in [0.5, 0.6) is 5.75 Å². The Hall–Kier alpha value is -2.27. The third kappa shape index (κ3) is 4.11. The number of nitrogens with zero attached hydrogens (tertiary/aromatic N) is 1. The number of carbonyl (C=O) groups excluding carboxylic acids is 1. The number of para-hydroxylation sites is 1. The molecule has 0 spiro atoms. The second-order valence-corrected chi connectivity index (χ2v) is 5.19. The zero-order chi connectivity index (χ0) is 16.1. The Balaban J connectivity index is 1.91. The molecule has 0 saturated carbocycles. The number of hydrogen-bond donors (Lipinski definition) is 1. The zero-order valence-corrected chi connectivity index (χ0v) is 13.4. The van der Waals surface area contributed by atoms with Crippen molar-refractivity contribution in [1.82, 2.24) is 5.43 Å². The van der Waals surface area contributed by atoms with Gasteiger partial charge in [0.05, 0.1) is 10.7 Å². The van der Waals surface area contributed by atoms with E-state index in [0.29, 0.717) is 16.5 Å². The summed E-state index contributed by atoms with van der Waals surface area (Å²) >= 11 is 5.94. The van der Waals surface area contributed by atoms with Gasteiger partial charge in [-0.05, 0) is 39.0 Å². The Morgan fingerprint density at radius 1 is 1.36 bits per heavy atom. The number of nitrogens with one attached hydrogen (secondary N) is 1.